The van der Waals surface area contributed by atoms with Crippen LogP contribution >= 0.6 is 0 Å². The van der Waals surface area contributed by atoms with Crippen molar-refractivity contribution in [1.82, 2.24) is 15.3 Å². The van der Waals surface area contributed by atoms with Crippen LogP contribution in [0.2, 0.25) is 0 Å². The summed E-state index contributed by atoms with van der Waals surface area (Å²) in [6, 6.07) is 9.97. The van der Waals surface area contributed by atoms with E-state index in [0.29, 0.717) is 23.2 Å². The topological polar surface area (TPSA) is 103 Å². The number of rotatable bonds is 6. The largest absolute Gasteiger partial charge is 0.398 e. The van der Waals surface area contributed by atoms with Crippen molar-refractivity contribution in [3.63, 3.8) is 0 Å². The van der Waals surface area contributed by atoms with Crippen LogP contribution in [0, 0.1) is 11.3 Å². The first kappa shape index (κ1) is 18.9. The van der Waals surface area contributed by atoms with Crippen LogP contribution in [-0.4, -0.2) is 36.1 Å². The maximum absolute atomic E-state index is 9.18. The molecule has 142 valence electrons. The second-order valence-electron chi connectivity index (χ2n) is 6.90. The predicted molar refractivity (Wildman–Crippen MR) is 109 cm³/mol. The first-order chi connectivity index (χ1) is 13.1. The lowest BCUT2D eigenvalue weighted by Crippen LogP contribution is -2.44. The van der Waals surface area contributed by atoms with Gasteiger partial charge < -0.3 is 21.3 Å². The number of aromatic nitrogens is 2. The SMILES string of the molecule is CCCc1cc(N2CCCC(NC)C2)nc(Nc2ccc(N)c(C#N)c2)n1. The Morgan fingerprint density at radius 1 is 1.33 bits per heavy atom. The molecule has 0 aliphatic carbocycles. The number of anilines is 4. The second kappa shape index (κ2) is 8.69. The average Bonchev–Trinajstić information content (AvgIpc) is 2.69. The molecule has 7 heteroatoms. The highest BCUT2D eigenvalue weighted by Gasteiger charge is 2.20. The Labute approximate surface area is 160 Å². The third-order valence-corrected chi connectivity index (χ3v) is 4.86. The zero-order valence-electron chi connectivity index (χ0n) is 16.0. The number of aryl methyl sites for hydroxylation is 1. The minimum Gasteiger partial charge on any atom is -0.398 e. The smallest absolute Gasteiger partial charge is 0.229 e. The summed E-state index contributed by atoms with van der Waals surface area (Å²) in [4.78, 5) is 11.7. The first-order valence-electron chi connectivity index (χ1n) is 9.49. The maximum Gasteiger partial charge on any atom is 0.229 e. The van der Waals surface area contributed by atoms with Crippen molar-refractivity contribution in [3.05, 3.63) is 35.5 Å². The Hall–Kier alpha value is -2.85. The van der Waals surface area contributed by atoms with Crippen LogP contribution in [0.15, 0.2) is 24.3 Å². The quantitative estimate of drug-likeness (QED) is 0.676. The zero-order chi connectivity index (χ0) is 19.2. The van der Waals surface area contributed by atoms with E-state index < -0.39 is 0 Å². The molecule has 1 aromatic heterocycles. The molecule has 7 nitrogen and oxygen atoms in total. The van der Waals surface area contributed by atoms with E-state index in [1.165, 1.54) is 6.42 Å². The van der Waals surface area contributed by atoms with E-state index >= 15 is 0 Å². The van der Waals surface area contributed by atoms with Crippen LogP contribution in [0.4, 0.5) is 23.1 Å². The first-order valence-corrected chi connectivity index (χ1v) is 9.49. The second-order valence-corrected chi connectivity index (χ2v) is 6.90. The normalized spacial score (nSPS) is 16.8. The molecule has 0 spiro atoms. The fraction of sp³-hybridized carbons (Fsp3) is 0.450. The fourth-order valence-corrected chi connectivity index (χ4v) is 3.37. The van der Waals surface area contributed by atoms with Gasteiger partial charge in [0.1, 0.15) is 11.9 Å². The number of nitriles is 1. The summed E-state index contributed by atoms with van der Waals surface area (Å²) in [5, 5.41) is 15.8. The number of nitrogens with one attached hydrogen (secondary N) is 2. The molecular formula is C20H27N7. The number of benzene rings is 1. The molecule has 1 fully saturated rings. The van der Waals surface area contributed by atoms with Crippen LogP contribution in [0.1, 0.15) is 37.4 Å². The lowest BCUT2D eigenvalue weighted by Gasteiger charge is -2.33. The summed E-state index contributed by atoms with van der Waals surface area (Å²) in [6.07, 6.45) is 4.26. The van der Waals surface area contributed by atoms with Crippen LogP contribution in [0.5, 0.6) is 0 Å². The maximum atomic E-state index is 9.18. The molecule has 0 saturated carbocycles. The van der Waals surface area contributed by atoms with Gasteiger partial charge in [0.15, 0.2) is 0 Å². The van der Waals surface area contributed by atoms with Gasteiger partial charge in [0.2, 0.25) is 5.95 Å². The highest BCUT2D eigenvalue weighted by molar-refractivity contribution is 5.65. The van der Waals surface area contributed by atoms with Crippen LogP contribution in [-0.2, 0) is 6.42 Å². The summed E-state index contributed by atoms with van der Waals surface area (Å²) < 4.78 is 0. The van der Waals surface area contributed by atoms with Crippen LogP contribution in [0.3, 0.4) is 0 Å². The number of nitrogens with zero attached hydrogens (tertiary/aromatic N) is 4. The summed E-state index contributed by atoms with van der Waals surface area (Å²) >= 11 is 0. The summed E-state index contributed by atoms with van der Waals surface area (Å²) in [5.41, 5.74) is 8.50. The number of piperidine rings is 1. The van der Waals surface area contributed by atoms with Gasteiger partial charge in [-0.05, 0) is 44.5 Å². The minimum absolute atomic E-state index is 0.442. The molecular weight excluding hydrogens is 338 g/mol. The molecule has 0 amide bonds. The molecule has 2 heterocycles. The van der Waals surface area contributed by atoms with Crippen LogP contribution < -0.4 is 21.3 Å². The fourth-order valence-electron chi connectivity index (χ4n) is 3.37. The monoisotopic (exact) mass is 365 g/mol. The predicted octanol–water partition coefficient (Wildman–Crippen LogP) is 2.81. The van der Waals surface area contributed by atoms with Gasteiger partial charge in [0.25, 0.3) is 0 Å². The lowest BCUT2D eigenvalue weighted by atomic mass is 10.1. The van der Waals surface area contributed by atoms with E-state index in [2.05, 4.69) is 39.6 Å². The standard InChI is InChI=1S/C20H27N7/c1-3-5-15-11-19(27-9-4-6-17(13-27)23-2)26-20(24-15)25-16-7-8-18(22)14(10-16)12-21/h7-8,10-11,17,23H,3-6,9,13,22H2,1-2H3,(H,24,25,26). The van der Waals surface area contributed by atoms with Crippen molar-refractivity contribution in [1.29, 1.82) is 5.26 Å². The third-order valence-electron chi connectivity index (χ3n) is 4.86. The third kappa shape index (κ3) is 4.66. The Kier molecular flexibility index (Phi) is 6.09. The van der Waals surface area contributed by atoms with Gasteiger partial charge in [0, 0.05) is 42.3 Å². The number of nitrogen functional groups attached to an aromatic ring is 1. The molecule has 1 unspecified atom stereocenters. The summed E-state index contributed by atoms with van der Waals surface area (Å²) in [7, 11) is 2.01. The highest BCUT2D eigenvalue weighted by atomic mass is 15.2. The molecule has 1 aliphatic heterocycles. The van der Waals surface area contributed by atoms with Crippen molar-refractivity contribution in [3.8, 4) is 6.07 Å². The van der Waals surface area contributed by atoms with Gasteiger partial charge in [-0.1, -0.05) is 13.3 Å². The Bertz CT molecular complexity index is 828. The molecule has 1 atom stereocenters. The lowest BCUT2D eigenvalue weighted by molar-refractivity contribution is 0.447. The Balaban J connectivity index is 1.88. The minimum atomic E-state index is 0.442. The van der Waals surface area contributed by atoms with E-state index in [1.807, 2.05) is 13.1 Å². The van der Waals surface area contributed by atoms with Gasteiger partial charge in [-0.25, -0.2) is 4.98 Å². The van der Waals surface area contributed by atoms with Crippen molar-refractivity contribution >= 4 is 23.1 Å². The highest BCUT2D eigenvalue weighted by Crippen LogP contribution is 2.24. The molecule has 4 N–H and O–H groups in total. The molecule has 1 aromatic carbocycles. The summed E-state index contributed by atoms with van der Waals surface area (Å²) in [6.45, 7) is 4.09. The van der Waals surface area contributed by atoms with Crippen molar-refractivity contribution < 1.29 is 0 Å². The average molecular weight is 365 g/mol. The van der Waals surface area contributed by atoms with Gasteiger partial charge in [0.05, 0.1) is 5.56 Å². The van der Waals surface area contributed by atoms with Crippen molar-refractivity contribution in [2.24, 2.45) is 0 Å². The van der Waals surface area contributed by atoms with Gasteiger partial charge in [-0.2, -0.15) is 10.2 Å². The summed E-state index contributed by atoms with van der Waals surface area (Å²) in [5.74, 6) is 1.50. The number of hydrogen-bond acceptors (Lipinski definition) is 7. The molecule has 3 rings (SSSR count). The number of likely N-dealkylation sites (N-methyl/N-ethyl adjacent to an activating group) is 1. The molecule has 0 radical (unpaired) electrons. The van der Waals surface area contributed by atoms with Crippen LogP contribution in [0.25, 0.3) is 0 Å². The molecule has 1 saturated heterocycles. The van der Waals surface area contributed by atoms with E-state index in [9.17, 15) is 5.26 Å². The van der Waals surface area contributed by atoms with Crippen molar-refractivity contribution in [2.45, 2.75) is 38.6 Å². The number of hydrogen-bond donors (Lipinski definition) is 3. The zero-order valence-corrected chi connectivity index (χ0v) is 16.0. The van der Waals surface area contributed by atoms with E-state index in [4.69, 9.17) is 10.7 Å². The molecule has 1 aliphatic rings. The van der Waals surface area contributed by atoms with E-state index in [0.717, 1.165) is 49.6 Å². The molecule has 2 aromatic rings. The Morgan fingerprint density at radius 2 is 2.19 bits per heavy atom. The van der Waals surface area contributed by atoms with Gasteiger partial charge in [-0.3, -0.25) is 0 Å². The van der Waals surface area contributed by atoms with Gasteiger partial charge in [-0.15, -0.1) is 0 Å². The van der Waals surface area contributed by atoms with Crippen molar-refractivity contribution in [2.75, 3.05) is 36.1 Å². The van der Waals surface area contributed by atoms with E-state index in [1.54, 1.807) is 12.1 Å². The van der Waals surface area contributed by atoms with Gasteiger partial charge >= 0.3 is 0 Å². The molecule has 0 bridgehead atoms. The number of nitrogens with two attached hydrogens (primary N) is 1. The Morgan fingerprint density at radius 3 is 2.93 bits per heavy atom. The van der Waals surface area contributed by atoms with E-state index in [-0.39, 0.29) is 0 Å². The molecule has 27 heavy (non-hydrogen) atoms.